The van der Waals surface area contributed by atoms with Gasteiger partial charge in [0.15, 0.2) is 5.13 Å². The summed E-state index contributed by atoms with van der Waals surface area (Å²) in [5.74, 6) is 0. The molecule has 1 fully saturated rings. The van der Waals surface area contributed by atoms with Gasteiger partial charge >= 0.3 is 6.03 Å². The van der Waals surface area contributed by atoms with Gasteiger partial charge in [0, 0.05) is 43.7 Å². The number of urea groups is 1. The summed E-state index contributed by atoms with van der Waals surface area (Å²) in [5.41, 5.74) is 3.78. The van der Waals surface area contributed by atoms with E-state index in [2.05, 4.69) is 21.3 Å². The van der Waals surface area contributed by atoms with Crippen LogP contribution in [-0.2, 0) is 6.54 Å². The number of aromatic nitrogens is 1. The molecule has 2 amide bonds. The van der Waals surface area contributed by atoms with Gasteiger partial charge in [-0.25, -0.2) is 9.78 Å². The molecule has 2 aromatic carbocycles. The molecule has 1 saturated heterocycles. The maximum Gasteiger partial charge on any atom is 0.323 e. The number of benzene rings is 2. The highest BCUT2D eigenvalue weighted by Crippen LogP contribution is 2.25. The average Bonchev–Trinajstić information content (AvgIpc) is 3.12. The van der Waals surface area contributed by atoms with Crippen molar-refractivity contribution in [1.29, 1.82) is 5.26 Å². The number of nitrogens with one attached hydrogen (secondary N) is 1. The fraction of sp³-hybridized carbons (Fsp3) is 0.261. The second kappa shape index (κ2) is 9.53. The zero-order valence-corrected chi connectivity index (χ0v) is 17.4. The number of thiazole rings is 1. The van der Waals surface area contributed by atoms with Crippen LogP contribution in [0.3, 0.4) is 0 Å². The molecular weight excluding hydrogens is 394 g/mol. The Labute approximate surface area is 180 Å². The summed E-state index contributed by atoms with van der Waals surface area (Å²) in [6, 6.07) is 19.7. The minimum absolute atomic E-state index is 0.0933. The lowest BCUT2D eigenvalue weighted by Crippen LogP contribution is -2.38. The number of carbonyl (C=O) groups is 1. The SMILES string of the molecule is N#Cc1ccc(CN2CCCN(C(=O)Nc3nc(-c4ccccc4)cs3)CC2)cc1. The molecule has 152 valence electrons. The molecule has 0 unspecified atom stereocenters. The Morgan fingerprint density at radius 1 is 1.07 bits per heavy atom. The molecule has 0 radical (unpaired) electrons. The Bertz CT molecular complexity index is 1030. The van der Waals surface area contributed by atoms with Crippen LogP contribution in [0.1, 0.15) is 17.5 Å². The zero-order valence-electron chi connectivity index (χ0n) is 16.6. The van der Waals surface area contributed by atoms with Gasteiger partial charge in [-0.1, -0.05) is 42.5 Å². The van der Waals surface area contributed by atoms with E-state index in [-0.39, 0.29) is 6.03 Å². The molecule has 0 spiro atoms. The maximum absolute atomic E-state index is 12.7. The van der Waals surface area contributed by atoms with Crippen LogP contribution >= 0.6 is 11.3 Å². The van der Waals surface area contributed by atoms with Crippen molar-refractivity contribution >= 4 is 22.5 Å². The van der Waals surface area contributed by atoms with E-state index in [1.807, 2.05) is 64.9 Å². The van der Waals surface area contributed by atoms with Gasteiger partial charge in [0.1, 0.15) is 0 Å². The number of amides is 2. The molecule has 7 heteroatoms. The minimum Gasteiger partial charge on any atom is -0.323 e. The van der Waals surface area contributed by atoms with Gasteiger partial charge in [-0.15, -0.1) is 11.3 Å². The van der Waals surface area contributed by atoms with Crippen molar-refractivity contribution in [3.8, 4) is 17.3 Å². The van der Waals surface area contributed by atoms with E-state index in [0.29, 0.717) is 17.2 Å². The van der Waals surface area contributed by atoms with E-state index >= 15 is 0 Å². The smallest absolute Gasteiger partial charge is 0.323 e. The van der Waals surface area contributed by atoms with E-state index in [1.54, 1.807) is 0 Å². The summed E-state index contributed by atoms with van der Waals surface area (Å²) in [7, 11) is 0. The summed E-state index contributed by atoms with van der Waals surface area (Å²) in [5, 5.41) is 14.5. The number of carbonyl (C=O) groups excluding carboxylic acids is 1. The van der Waals surface area contributed by atoms with Crippen LogP contribution in [0.25, 0.3) is 11.3 Å². The average molecular weight is 418 g/mol. The molecule has 30 heavy (non-hydrogen) atoms. The predicted octanol–water partition coefficient (Wildman–Crippen LogP) is 4.42. The molecule has 1 aliphatic rings. The van der Waals surface area contributed by atoms with Crippen molar-refractivity contribution in [2.75, 3.05) is 31.5 Å². The Morgan fingerprint density at radius 2 is 1.87 bits per heavy atom. The van der Waals surface area contributed by atoms with Crippen molar-refractivity contribution in [2.45, 2.75) is 13.0 Å². The van der Waals surface area contributed by atoms with Gasteiger partial charge in [0.2, 0.25) is 0 Å². The van der Waals surface area contributed by atoms with Crippen molar-refractivity contribution in [3.05, 3.63) is 71.1 Å². The van der Waals surface area contributed by atoms with Crippen molar-refractivity contribution in [1.82, 2.24) is 14.8 Å². The van der Waals surface area contributed by atoms with Crippen LogP contribution in [0.2, 0.25) is 0 Å². The lowest BCUT2D eigenvalue weighted by molar-refractivity contribution is 0.211. The van der Waals surface area contributed by atoms with Gasteiger partial charge in [-0.05, 0) is 24.1 Å². The van der Waals surface area contributed by atoms with Crippen LogP contribution in [-0.4, -0.2) is 47.0 Å². The van der Waals surface area contributed by atoms with Crippen LogP contribution in [0, 0.1) is 11.3 Å². The number of nitriles is 1. The van der Waals surface area contributed by atoms with Gasteiger partial charge in [0.05, 0.1) is 17.3 Å². The molecule has 0 saturated carbocycles. The molecule has 0 aliphatic carbocycles. The lowest BCUT2D eigenvalue weighted by atomic mass is 10.1. The predicted molar refractivity (Wildman–Crippen MR) is 119 cm³/mol. The number of rotatable bonds is 4. The Kier molecular flexibility index (Phi) is 6.38. The largest absolute Gasteiger partial charge is 0.323 e. The highest BCUT2D eigenvalue weighted by atomic mass is 32.1. The zero-order chi connectivity index (χ0) is 20.8. The Balaban J connectivity index is 1.31. The van der Waals surface area contributed by atoms with E-state index < -0.39 is 0 Å². The second-order valence-corrected chi connectivity index (χ2v) is 8.12. The summed E-state index contributed by atoms with van der Waals surface area (Å²) in [4.78, 5) is 21.5. The number of anilines is 1. The van der Waals surface area contributed by atoms with Crippen molar-refractivity contribution in [3.63, 3.8) is 0 Å². The third-order valence-electron chi connectivity index (χ3n) is 5.15. The van der Waals surface area contributed by atoms with Gasteiger partial charge in [-0.2, -0.15) is 5.26 Å². The van der Waals surface area contributed by atoms with E-state index in [4.69, 9.17) is 5.26 Å². The Hall–Kier alpha value is -3.21. The van der Waals surface area contributed by atoms with Gasteiger partial charge in [-0.3, -0.25) is 10.2 Å². The lowest BCUT2D eigenvalue weighted by Gasteiger charge is -2.22. The highest BCUT2D eigenvalue weighted by Gasteiger charge is 2.20. The first-order valence-corrected chi connectivity index (χ1v) is 10.9. The standard InChI is InChI=1S/C23H23N5OS/c24-15-18-7-9-19(10-8-18)16-27-11-4-12-28(14-13-27)23(29)26-22-25-21(17-30-22)20-5-2-1-3-6-20/h1-3,5-10,17H,4,11-14,16H2,(H,25,26,29). The first-order chi connectivity index (χ1) is 14.7. The van der Waals surface area contributed by atoms with Gasteiger partial charge < -0.3 is 4.90 Å². The molecule has 1 aromatic heterocycles. The van der Waals surface area contributed by atoms with Crippen LogP contribution in [0.4, 0.5) is 9.93 Å². The minimum atomic E-state index is -0.0933. The van der Waals surface area contributed by atoms with Crippen molar-refractivity contribution < 1.29 is 4.79 Å². The molecule has 4 rings (SSSR count). The Morgan fingerprint density at radius 3 is 2.63 bits per heavy atom. The molecule has 1 aliphatic heterocycles. The molecule has 2 heterocycles. The summed E-state index contributed by atoms with van der Waals surface area (Å²) >= 11 is 1.44. The highest BCUT2D eigenvalue weighted by molar-refractivity contribution is 7.14. The molecule has 3 aromatic rings. The molecule has 0 atom stereocenters. The molecule has 0 bridgehead atoms. The van der Waals surface area contributed by atoms with Gasteiger partial charge in [0.25, 0.3) is 0 Å². The fourth-order valence-electron chi connectivity index (χ4n) is 3.52. The summed E-state index contributed by atoms with van der Waals surface area (Å²) in [6.07, 6.45) is 0.927. The number of hydrogen-bond acceptors (Lipinski definition) is 5. The van der Waals surface area contributed by atoms with E-state index in [0.717, 1.165) is 43.9 Å². The third kappa shape index (κ3) is 5.03. The summed E-state index contributed by atoms with van der Waals surface area (Å²) < 4.78 is 0. The van der Waals surface area contributed by atoms with Crippen molar-refractivity contribution in [2.24, 2.45) is 0 Å². The van der Waals surface area contributed by atoms with E-state index in [1.165, 1.54) is 16.9 Å². The third-order valence-corrected chi connectivity index (χ3v) is 5.91. The van der Waals surface area contributed by atoms with Crippen LogP contribution in [0.5, 0.6) is 0 Å². The first-order valence-electron chi connectivity index (χ1n) is 9.99. The molecule has 6 nitrogen and oxygen atoms in total. The number of nitrogens with zero attached hydrogens (tertiary/aromatic N) is 4. The summed E-state index contributed by atoms with van der Waals surface area (Å²) in [6.45, 7) is 4.00. The molecular formula is C23H23N5OS. The maximum atomic E-state index is 12.7. The first kappa shape index (κ1) is 20.1. The number of hydrogen-bond donors (Lipinski definition) is 1. The van der Waals surface area contributed by atoms with Crippen LogP contribution in [0.15, 0.2) is 60.0 Å². The van der Waals surface area contributed by atoms with Crippen LogP contribution < -0.4 is 5.32 Å². The fourth-order valence-corrected chi connectivity index (χ4v) is 4.23. The quantitative estimate of drug-likeness (QED) is 0.682. The van der Waals surface area contributed by atoms with E-state index in [9.17, 15) is 4.79 Å². The topological polar surface area (TPSA) is 72.3 Å². The molecule has 1 N–H and O–H groups in total. The second-order valence-electron chi connectivity index (χ2n) is 7.26. The monoisotopic (exact) mass is 417 g/mol. The normalized spacial score (nSPS) is 14.7.